The second kappa shape index (κ2) is 6.62. The quantitative estimate of drug-likeness (QED) is 0.631. The van der Waals surface area contributed by atoms with Crippen LogP contribution in [0.15, 0.2) is 18.2 Å². The van der Waals surface area contributed by atoms with Gasteiger partial charge in [-0.2, -0.15) is 0 Å². The molecule has 1 fully saturated rings. The average Bonchev–Trinajstić information content (AvgIpc) is 2.58. The highest BCUT2D eigenvalue weighted by molar-refractivity contribution is 9.09. The van der Waals surface area contributed by atoms with Crippen LogP contribution in [0, 0.1) is 0 Å². The largest absolute Gasteiger partial charge is 0.506 e. The molecule has 1 aromatic rings. The lowest BCUT2D eigenvalue weighted by Crippen LogP contribution is -2.40. The minimum absolute atomic E-state index is 0.00829. The number of hydrogen-bond donors (Lipinski definition) is 2. The second-order valence-corrected chi connectivity index (χ2v) is 6.48. The fraction of sp³-hybridized carbons (Fsp3) is 0.500. The Kier molecular flexibility index (Phi) is 5.11. The molecule has 2 N–H and O–H groups in total. The summed E-state index contributed by atoms with van der Waals surface area (Å²) in [6.07, 6.45) is 5.64. The van der Waals surface area contributed by atoms with Gasteiger partial charge in [0.2, 0.25) is 0 Å². The molecule has 1 amide bonds. The van der Waals surface area contributed by atoms with Gasteiger partial charge in [-0.1, -0.05) is 46.8 Å². The van der Waals surface area contributed by atoms with Crippen molar-refractivity contribution in [2.24, 2.45) is 0 Å². The zero-order valence-corrected chi connectivity index (χ0v) is 12.9. The van der Waals surface area contributed by atoms with E-state index in [1.165, 1.54) is 25.0 Å². The van der Waals surface area contributed by atoms with E-state index in [0.29, 0.717) is 10.4 Å². The zero-order valence-electron chi connectivity index (χ0n) is 10.5. The highest BCUT2D eigenvalue weighted by Gasteiger charge is 2.23. The van der Waals surface area contributed by atoms with Crippen LogP contribution in [0.3, 0.4) is 0 Å². The van der Waals surface area contributed by atoms with Gasteiger partial charge in [0.15, 0.2) is 0 Å². The Bertz CT molecular complexity index is 467. The number of halogens is 2. The SMILES string of the molecule is O=C(NC1CCCCCC1Br)c1ccc(O)c(Cl)c1. The summed E-state index contributed by atoms with van der Waals surface area (Å²) in [6.45, 7) is 0. The number of benzene rings is 1. The minimum atomic E-state index is -0.141. The minimum Gasteiger partial charge on any atom is -0.506 e. The first-order chi connectivity index (χ1) is 9.08. The Morgan fingerprint density at radius 3 is 2.79 bits per heavy atom. The summed E-state index contributed by atoms with van der Waals surface area (Å²) in [5, 5.41) is 12.6. The summed E-state index contributed by atoms with van der Waals surface area (Å²) in [5.74, 6) is -0.149. The summed E-state index contributed by atoms with van der Waals surface area (Å²) < 4.78 is 0. The Morgan fingerprint density at radius 2 is 2.05 bits per heavy atom. The molecule has 2 unspecified atom stereocenters. The maximum Gasteiger partial charge on any atom is 0.251 e. The van der Waals surface area contributed by atoms with Crippen LogP contribution in [0.1, 0.15) is 42.5 Å². The number of carbonyl (C=O) groups excluding carboxylic acids is 1. The molecule has 19 heavy (non-hydrogen) atoms. The van der Waals surface area contributed by atoms with Crippen molar-refractivity contribution in [2.75, 3.05) is 0 Å². The number of hydrogen-bond acceptors (Lipinski definition) is 2. The molecular weight excluding hydrogens is 330 g/mol. The first kappa shape index (κ1) is 14.7. The number of aromatic hydroxyl groups is 1. The van der Waals surface area contributed by atoms with Gasteiger partial charge in [-0.05, 0) is 31.0 Å². The maximum atomic E-state index is 12.2. The molecule has 0 saturated heterocycles. The lowest BCUT2D eigenvalue weighted by atomic mass is 10.1. The molecule has 0 aliphatic heterocycles. The van der Waals surface area contributed by atoms with Crippen LogP contribution >= 0.6 is 27.5 Å². The van der Waals surface area contributed by atoms with Crippen molar-refractivity contribution < 1.29 is 9.90 Å². The van der Waals surface area contributed by atoms with Crippen LogP contribution < -0.4 is 5.32 Å². The summed E-state index contributed by atoms with van der Waals surface area (Å²) in [5.41, 5.74) is 0.478. The summed E-state index contributed by atoms with van der Waals surface area (Å²) in [7, 11) is 0. The fourth-order valence-electron chi connectivity index (χ4n) is 2.32. The molecule has 5 heteroatoms. The molecule has 1 aliphatic rings. The van der Waals surface area contributed by atoms with Crippen LogP contribution in [0.2, 0.25) is 5.02 Å². The number of nitrogens with one attached hydrogen (secondary N) is 1. The lowest BCUT2D eigenvalue weighted by Gasteiger charge is -2.21. The third-order valence-corrected chi connectivity index (χ3v) is 4.86. The van der Waals surface area contributed by atoms with E-state index in [-0.39, 0.29) is 22.7 Å². The van der Waals surface area contributed by atoms with E-state index in [1.54, 1.807) is 6.07 Å². The first-order valence-corrected chi connectivity index (χ1v) is 7.81. The van der Waals surface area contributed by atoms with Gasteiger partial charge in [-0.3, -0.25) is 4.79 Å². The topological polar surface area (TPSA) is 49.3 Å². The molecule has 1 aromatic carbocycles. The van der Waals surface area contributed by atoms with Crippen molar-refractivity contribution in [1.29, 1.82) is 0 Å². The molecule has 0 heterocycles. The molecule has 0 aromatic heterocycles. The Balaban J connectivity index is 2.05. The van der Waals surface area contributed by atoms with E-state index in [2.05, 4.69) is 21.2 Å². The van der Waals surface area contributed by atoms with Crippen LogP contribution in [-0.4, -0.2) is 21.9 Å². The van der Waals surface area contributed by atoms with Gasteiger partial charge < -0.3 is 10.4 Å². The third kappa shape index (κ3) is 3.86. The molecule has 1 saturated carbocycles. The molecule has 3 nitrogen and oxygen atoms in total. The Hall–Kier alpha value is -0.740. The zero-order chi connectivity index (χ0) is 13.8. The van der Waals surface area contributed by atoms with Crippen LogP contribution in [0.25, 0.3) is 0 Å². The smallest absolute Gasteiger partial charge is 0.251 e. The molecule has 0 radical (unpaired) electrons. The first-order valence-electron chi connectivity index (χ1n) is 6.51. The standard InChI is InChI=1S/C14H17BrClNO2/c15-10-4-2-1-3-5-12(10)17-14(19)9-6-7-13(18)11(16)8-9/h6-8,10,12,18H,1-5H2,(H,17,19). The number of amides is 1. The van der Waals surface area contributed by atoms with Gasteiger partial charge in [0.05, 0.1) is 5.02 Å². The lowest BCUT2D eigenvalue weighted by molar-refractivity contribution is 0.0935. The van der Waals surface area contributed by atoms with Crippen LogP contribution in [-0.2, 0) is 0 Å². The van der Waals surface area contributed by atoms with Gasteiger partial charge >= 0.3 is 0 Å². The molecule has 0 bridgehead atoms. The van der Waals surface area contributed by atoms with Crippen molar-refractivity contribution in [3.63, 3.8) is 0 Å². The van der Waals surface area contributed by atoms with E-state index in [4.69, 9.17) is 11.6 Å². The average molecular weight is 347 g/mol. The summed E-state index contributed by atoms with van der Waals surface area (Å²) >= 11 is 9.47. The molecular formula is C14H17BrClNO2. The molecule has 1 aliphatic carbocycles. The third-order valence-electron chi connectivity index (χ3n) is 3.46. The molecule has 2 atom stereocenters. The molecule has 0 spiro atoms. The number of rotatable bonds is 2. The van der Waals surface area contributed by atoms with Crippen molar-refractivity contribution >= 4 is 33.4 Å². The second-order valence-electron chi connectivity index (χ2n) is 4.90. The van der Waals surface area contributed by atoms with Crippen molar-refractivity contribution in [3.05, 3.63) is 28.8 Å². The van der Waals surface area contributed by atoms with E-state index in [1.807, 2.05) is 0 Å². The van der Waals surface area contributed by atoms with Crippen molar-refractivity contribution in [3.8, 4) is 5.75 Å². The van der Waals surface area contributed by atoms with Gasteiger partial charge in [0.25, 0.3) is 5.91 Å². The number of phenols is 1. The Labute approximate surface area is 126 Å². The number of phenolic OH excluding ortho intramolecular Hbond substituents is 1. The molecule has 104 valence electrons. The Morgan fingerprint density at radius 1 is 1.32 bits per heavy atom. The number of alkyl halides is 1. The van der Waals surface area contributed by atoms with E-state index < -0.39 is 0 Å². The van der Waals surface area contributed by atoms with Gasteiger partial charge in [0, 0.05) is 16.4 Å². The van der Waals surface area contributed by atoms with Crippen LogP contribution in [0.5, 0.6) is 5.75 Å². The summed E-state index contributed by atoms with van der Waals surface area (Å²) in [6, 6.07) is 4.67. The normalized spacial score (nSPS) is 23.7. The van der Waals surface area contributed by atoms with Gasteiger partial charge in [0.1, 0.15) is 5.75 Å². The van der Waals surface area contributed by atoms with E-state index in [9.17, 15) is 9.90 Å². The fourth-order valence-corrected chi connectivity index (χ4v) is 3.23. The number of carbonyl (C=O) groups is 1. The predicted octanol–water partition coefficient (Wildman–Crippen LogP) is 3.87. The van der Waals surface area contributed by atoms with Crippen molar-refractivity contribution in [2.45, 2.75) is 43.0 Å². The van der Waals surface area contributed by atoms with E-state index >= 15 is 0 Å². The van der Waals surface area contributed by atoms with Gasteiger partial charge in [-0.25, -0.2) is 0 Å². The monoisotopic (exact) mass is 345 g/mol. The highest BCUT2D eigenvalue weighted by Crippen LogP contribution is 2.26. The van der Waals surface area contributed by atoms with Crippen LogP contribution in [0.4, 0.5) is 0 Å². The predicted molar refractivity (Wildman–Crippen MR) is 80.2 cm³/mol. The highest BCUT2D eigenvalue weighted by atomic mass is 79.9. The summed E-state index contributed by atoms with van der Waals surface area (Å²) in [4.78, 5) is 12.5. The van der Waals surface area contributed by atoms with Crippen molar-refractivity contribution in [1.82, 2.24) is 5.32 Å². The van der Waals surface area contributed by atoms with Gasteiger partial charge in [-0.15, -0.1) is 0 Å². The molecule has 2 rings (SSSR count). The van der Waals surface area contributed by atoms with E-state index in [0.717, 1.165) is 19.3 Å². The maximum absolute atomic E-state index is 12.2.